The lowest BCUT2D eigenvalue weighted by Crippen LogP contribution is -2.41. The molecule has 0 aromatic carbocycles. The molecule has 1 fully saturated rings. The molecular weight excluding hydrogens is 414 g/mol. The van der Waals surface area contributed by atoms with E-state index in [2.05, 4.69) is 10.6 Å². The highest BCUT2D eigenvalue weighted by Gasteiger charge is 2.49. The zero-order valence-electron chi connectivity index (χ0n) is 16.2. The predicted octanol–water partition coefficient (Wildman–Crippen LogP) is 2.95. The van der Waals surface area contributed by atoms with E-state index in [1.165, 1.54) is 22.7 Å². The number of nitrogens with one attached hydrogen (secondary N) is 2. The largest absolute Gasteiger partial charge is 0.462 e. The molecule has 3 heterocycles. The fourth-order valence-corrected chi connectivity index (χ4v) is 4.73. The lowest BCUT2D eigenvalue weighted by Gasteiger charge is -2.20. The lowest BCUT2D eigenvalue weighted by atomic mass is 9.95. The summed E-state index contributed by atoms with van der Waals surface area (Å²) in [5, 5.41) is 9.24. The third-order valence-electron chi connectivity index (χ3n) is 4.56. The number of carbonyl (C=O) groups excluding carboxylic acids is 4. The van der Waals surface area contributed by atoms with Crippen molar-refractivity contribution in [1.82, 2.24) is 10.2 Å². The second-order valence-electron chi connectivity index (χ2n) is 6.54. The molecular formula is C19H21N3O5S2. The number of anilines is 1. The molecule has 2 aromatic rings. The monoisotopic (exact) mass is 435 g/mol. The zero-order valence-corrected chi connectivity index (χ0v) is 17.9. The molecule has 3 rings (SSSR count). The first-order valence-corrected chi connectivity index (χ1v) is 10.8. The van der Waals surface area contributed by atoms with Crippen LogP contribution in [0.5, 0.6) is 0 Å². The van der Waals surface area contributed by atoms with Gasteiger partial charge in [-0.15, -0.1) is 11.3 Å². The highest BCUT2D eigenvalue weighted by molar-refractivity contribution is 7.16. The second-order valence-corrected chi connectivity index (χ2v) is 8.45. The van der Waals surface area contributed by atoms with Crippen molar-refractivity contribution in [3.05, 3.63) is 38.9 Å². The van der Waals surface area contributed by atoms with Crippen molar-refractivity contribution in [1.29, 1.82) is 0 Å². The van der Waals surface area contributed by atoms with Gasteiger partial charge in [0.25, 0.3) is 5.91 Å². The van der Waals surface area contributed by atoms with Gasteiger partial charge in [-0.2, -0.15) is 11.3 Å². The Bertz CT molecular complexity index is 953. The van der Waals surface area contributed by atoms with Gasteiger partial charge in [0.15, 0.2) is 0 Å². The summed E-state index contributed by atoms with van der Waals surface area (Å²) in [5.41, 5.74) is -0.271. The number of aryl methyl sites for hydroxylation is 1. The van der Waals surface area contributed by atoms with Gasteiger partial charge >= 0.3 is 12.0 Å². The van der Waals surface area contributed by atoms with E-state index < -0.39 is 35.9 Å². The number of hydrogen-bond donors (Lipinski definition) is 2. The molecule has 8 nitrogen and oxygen atoms in total. The normalized spacial score (nSPS) is 18.7. The van der Waals surface area contributed by atoms with E-state index in [1.807, 2.05) is 12.3 Å². The average Bonchev–Trinajstić information content (AvgIpc) is 3.39. The topological polar surface area (TPSA) is 105 Å². The molecule has 1 atom stereocenters. The van der Waals surface area contributed by atoms with Gasteiger partial charge in [0.05, 0.1) is 12.2 Å². The molecule has 1 aliphatic heterocycles. The van der Waals surface area contributed by atoms with Gasteiger partial charge < -0.3 is 15.4 Å². The summed E-state index contributed by atoms with van der Waals surface area (Å²) in [4.78, 5) is 51.7. The van der Waals surface area contributed by atoms with E-state index in [9.17, 15) is 19.2 Å². The Morgan fingerprint density at radius 1 is 1.31 bits per heavy atom. The number of rotatable bonds is 7. The molecule has 2 aromatic heterocycles. The van der Waals surface area contributed by atoms with Crippen LogP contribution in [0.1, 0.15) is 41.6 Å². The smallest absolute Gasteiger partial charge is 0.341 e. The van der Waals surface area contributed by atoms with Gasteiger partial charge in [0.2, 0.25) is 5.91 Å². The minimum Gasteiger partial charge on any atom is -0.462 e. The van der Waals surface area contributed by atoms with Crippen LogP contribution in [0.4, 0.5) is 9.80 Å². The fraction of sp³-hybridized carbons (Fsp3) is 0.368. The van der Waals surface area contributed by atoms with Crippen LogP contribution in [0.2, 0.25) is 0 Å². The van der Waals surface area contributed by atoms with Crippen LogP contribution in [0, 0.1) is 0 Å². The highest BCUT2D eigenvalue weighted by atomic mass is 32.1. The van der Waals surface area contributed by atoms with Crippen molar-refractivity contribution in [2.24, 2.45) is 0 Å². The van der Waals surface area contributed by atoms with Crippen LogP contribution in [-0.2, 0) is 26.3 Å². The number of esters is 1. The van der Waals surface area contributed by atoms with Gasteiger partial charge in [0.1, 0.15) is 17.1 Å². The van der Waals surface area contributed by atoms with Gasteiger partial charge in [0, 0.05) is 4.88 Å². The minimum atomic E-state index is -1.20. The number of amides is 4. The standard InChI is InChI=1S/C19H21N3O5S2/c1-4-12-8-13(16(24)27-5-2)15(29-12)20-14(23)9-22-17(25)19(3,21-18(22)26)11-6-7-28-10-11/h6-8,10H,4-5,9H2,1-3H3,(H,20,23)(H,21,26)/t19-/m1/s1. The third-order valence-corrected chi connectivity index (χ3v) is 6.43. The maximum atomic E-state index is 12.8. The SMILES string of the molecule is CCOC(=O)c1cc(CC)sc1NC(=O)CN1C(=O)N[C@](C)(c2ccsc2)C1=O. The number of imide groups is 1. The van der Waals surface area contributed by atoms with Crippen molar-refractivity contribution in [2.75, 3.05) is 18.5 Å². The summed E-state index contributed by atoms with van der Waals surface area (Å²) in [6, 6.07) is 2.81. The van der Waals surface area contributed by atoms with Crippen molar-refractivity contribution < 1.29 is 23.9 Å². The summed E-state index contributed by atoms with van der Waals surface area (Å²) < 4.78 is 5.03. The average molecular weight is 436 g/mol. The van der Waals surface area contributed by atoms with E-state index in [-0.39, 0.29) is 12.2 Å². The molecule has 29 heavy (non-hydrogen) atoms. The van der Waals surface area contributed by atoms with Crippen LogP contribution in [0.25, 0.3) is 0 Å². The lowest BCUT2D eigenvalue weighted by molar-refractivity contribution is -0.133. The molecule has 0 bridgehead atoms. The van der Waals surface area contributed by atoms with Crippen LogP contribution in [0.15, 0.2) is 22.9 Å². The van der Waals surface area contributed by atoms with Crippen LogP contribution in [-0.4, -0.2) is 41.9 Å². The Kier molecular flexibility index (Phi) is 6.04. The number of urea groups is 1. The van der Waals surface area contributed by atoms with E-state index >= 15 is 0 Å². The van der Waals surface area contributed by atoms with Crippen LogP contribution < -0.4 is 10.6 Å². The summed E-state index contributed by atoms with van der Waals surface area (Å²) in [7, 11) is 0. The van der Waals surface area contributed by atoms with E-state index in [0.717, 1.165) is 9.78 Å². The van der Waals surface area contributed by atoms with E-state index in [1.54, 1.807) is 31.4 Å². The Balaban J connectivity index is 1.75. The molecule has 0 radical (unpaired) electrons. The van der Waals surface area contributed by atoms with Crippen molar-refractivity contribution in [3.8, 4) is 0 Å². The van der Waals surface area contributed by atoms with Gasteiger partial charge in [-0.05, 0) is 48.7 Å². The number of hydrogen-bond acceptors (Lipinski definition) is 7. The summed E-state index contributed by atoms with van der Waals surface area (Å²) in [6.07, 6.45) is 0.693. The van der Waals surface area contributed by atoms with Crippen molar-refractivity contribution in [2.45, 2.75) is 32.7 Å². The number of thiophene rings is 2. The molecule has 0 spiro atoms. The summed E-state index contributed by atoms with van der Waals surface area (Å²) in [6.45, 7) is 5.01. The van der Waals surface area contributed by atoms with E-state index in [0.29, 0.717) is 17.0 Å². The van der Waals surface area contributed by atoms with Gasteiger partial charge in [-0.25, -0.2) is 9.59 Å². The molecule has 1 saturated heterocycles. The third kappa shape index (κ3) is 4.03. The molecule has 10 heteroatoms. The van der Waals surface area contributed by atoms with Crippen molar-refractivity contribution >= 4 is 51.5 Å². The van der Waals surface area contributed by atoms with Crippen LogP contribution in [0.3, 0.4) is 0 Å². The minimum absolute atomic E-state index is 0.215. The molecule has 2 N–H and O–H groups in total. The number of ether oxygens (including phenoxy) is 1. The summed E-state index contributed by atoms with van der Waals surface area (Å²) in [5.74, 6) is -1.60. The maximum Gasteiger partial charge on any atom is 0.341 e. The fourth-order valence-electron chi connectivity index (χ4n) is 2.96. The number of nitrogens with zero attached hydrogens (tertiary/aromatic N) is 1. The predicted molar refractivity (Wildman–Crippen MR) is 110 cm³/mol. The Morgan fingerprint density at radius 3 is 2.69 bits per heavy atom. The van der Waals surface area contributed by atoms with Gasteiger partial charge in [-0.3, -0.25) is 14.5 Å². The van der Waals surface area contributed by atoms with Gasteiger partial charge in [-0.1, -0.05) is 6.92 Å². The highest BCUT2D eigenvalue weighted by Crippen LogP contribution is 2.31. The quantitative estimate of drug-likeness (QED) is 0.514. The Labute approximate surface area is 175 Å². The molecule has 4 amide bonds. The molecule has 1 aliphatic rings. The molecule has 0 saturated carbocycles. The van der Waals surface area contributed by atoms with Crippen molar-refractivity contribution in [3.63, 3.8) is 0 Å². The Morgan fingerprint density at radius 2 is 2.07 bits per heavy atom. The first kappa shape index (κ1) is 21.0. The second kappa shape index (κ2) is 8.34. The maximum absolute atomic E-state index is 12.8. The number of carbonyl (C=O) groups is 4. The van der Waals surface area contributed by atoms with E-state index in [4.69, 9.17) is 4.74 Å². The molecule has 0 aliphatic carbocycles. The molecule has 154 valence electrons. The summed E-state index contributed by atoms with van der Waals surface area (Å²) >= 11 is 2.68. The Hall–Kier alpha value is -2.72. The first-order valence-electron chi connectivity index (χ1n) is 9.06. The van der Waals surface area contributed by atoms with Crippen LogP contribution >= 0.6 is 22.7 Å². The molecule has 0 unspecified atom stereocenters. The zero-order chi connectivity index (χ0) is 21.2. The first-order chi connectivity index (χ1) is 13.8.